The zero-order chi connectivity index (χ0) is 0. The van der Waals surface area contributed by atoms with Crippen molar-refractivity contribution in [1.82, 2.24) is 0 Å². The van der Waals surface area contributed by atoms with E-state index in [0.717, 1.165) is 0 Å². The smallest absolute Gasteiger partial charge is 0 e. The predicted octanol–water partition coefficient (Wildman–Crippen LogP) is 0.839. The Kier molecular flexibility index (Phi) is 190. The zero-order valence-electron chi connectivity index (χ0n) is 1.43. The van der Waals surface area contributed by atoms with Crippen molar-refractivity contribution in [2.24, 2.45) is 0 Å². The first-order chi connectivity index (χ1) is 0. The van der Waals surface area contributed by atoms with Crippen molar-refractivity contribution >= 4 is 24.8 Å². The molecule has 0 unspecified atom stereocenters. The van der Waals surface area contributed by atoms with E-state index >= 15 is 0 Å². The van der Waals surface area contributed by atoms with Crippen LogP contribution in [-0.2, 0) is 42.8 Å². The molecule has 0 fully saturated rings. The van der Waals surface area contributed by atoms with Crippen LogP contribution in [0.1, 0.15) is 0 Å². The molecule has 0 aliphatic carbocycles. The van der Waals surface area contributed by atoms with Crippen LogP contribution in [0.3, 0.4) is 0 Å². The van der Waals surface area contributed by atoms with E-state index < -0.39 is 0 Å². The third-order valence-corrected chi connectivity index (χ3v) is 0. The molecular formula is H2AuCl2Pd. The third kappa shape index (κ3) is 9.01. The molecule has 0 rings (SSSR count). The van der Waals surface area contributed by atoms with Crippen LogP contribution in [0.5, 0.6) is 0 Å². The van der Waals surface area contributed by atoms with Crippen LogP contribution in [-0.4, -0.2) is 0 Å². The van der Waals surface area contributed by atoms with Gasteiger partial charge in [-0.15, -0.1) is 24.8 Å². The van der Waals surface area contributed by atoms with Crippen molar-refractivity contribution < 1.29 is 42.8 Å². The molecule has 0 saturated heterocycles. The van der Waals surface area contributed by atoms with Crippen molar-refractivity contribution in [3.05, 3.63) is 0 Å². The van der Waals surface area contributed by atoms with Crippen LogP contribution in [0.4, 0.5) is 0 Å². The Hall–Kier alpha value is 1.98. The van der Waals surface area contributed by atoms with Crippen molar-refractivity contribution in [2.45, 2.75) is 0 Å². The van der Waals surface area contributed by atoms with E-state index in [2.05, 4.69) is 0 Å². The maximum absolute atomic E-state index is 0. The number of rotatable bonds is 0. The van der Waals surface area contributed by atoms with Crippen LogP contribution in [0.25, 0.3) is 0 Å². The second kappa shape index (κ2) is 20.1. The molecule has 0 aliphatic rings. The second-order valence-corrected chi connectivity index (χ2v) is 0. The quantitative estimate of drug-likeness (QED) is 0.550. The minimum Gasteiger partial charge on any atom is -0.147 e. The van der Waals surface area contributed by atoms with Gasteiger partial charge >= 0.3 is 0 Å². The Labute approximate surface area is 67.1 Å². The predicted molar refractivity (Wildman–Crippen MR) is 14.5 cm³/mol. The van der Waals surface area contributed by atoms with E-state index in [1.165, 1.54) is 0 Å². The number of halogens is 2. The fourth-order valence-corrected chi connectivity index (χ4v) is 0. The largest absolute Gasteiger partial charge is 0.147 e. The van der Waals surface area contributed by atoms with Crippen molar-refractivity contribution in [2.75, 3.05) is 0 Å². The van der Waals surface area contributed by atoms with Gasteiger partial charge in [-0.1, -0.05) is 0 Å². The zero-order valence-corrected chi connectivity index (χ0v) is 6.79. The molecule has 37 valence electrons. The van der Waals surface area contributed by atoms with Crippen LogP contribution >= 0.6 is 24.8 Å². The molecule has 4 heteroatoms. The molecule has 0 aromatic rings. The summed E-state index contributed by atoms with van der Waals surface area (Å²) in [6.45, 7) is 0. The molecule has 0 nitrogen and oxygen atoms in total. The molecule has 0 saturated carbocycles. The Morgan fingerprint density at radius 1 is 0.750 bits per heavy atom. The average Bonchev–Trinajstić information content (AvgIpc) is 0. The van der Waals surface area contributed by atoms with Crippen LogP contribution in [0, 0.1) is 0 Å². The Balaban J connectivity index is 0. The van der Waals surface area contributed by atoms with Crippen LogP contribution in [0.2, 0.25) is 0 Å². The van der Waals surface area contributed by atoms with Crippen LogP contribution in [0.15, 0.2) is 0 Å². The van der Waals surface area contributed by atoms with Gasteiger partial charge in [-0.2, -0.15) is 0 Å². The maximum atomic E-state index is 0. The third-order valence-electron chi connectivity index (χ3n) is 0. The summed E-state index contributed by atoms with van der Waals surface area (Å²) in [6, 6.07) is 0. The van der Waals surface area contributed by atoms with Gasteiger partial charge in [0.25, 0.3) is 0 Å². The van der Waals surface area contributed by atoms with E-state index in [1.54, 1.807) is 0 Å². The van der Waals surface area contributed by atoms with Crippen molar-refractivity contribution in [1.29, 1.82) is 0 Å². The first kappa shape index (κ1) is 37.8. The van der Waals surface area contributed by atoms with Gasteiger partial charge in [-0.25, -0.2) is 0 Å². The molecule has 0 bridgehead atoms. The van der Waals surface area contributed by atoms with Crippen molar-refractivity contribution in [3.8, 4) is 0 Å². The monoisotopic (exact) mass is 375 g/mol. The summed E-state index contributed by atoms with van der Waals surface area (Å²) < 4.78 is 0. The van der Waals surface area contributed by atoms with E-state index in [4.69, 9.17) is 0 Å². The molecule has 0 aliphatic heterocycles. The van der Waals surface area contributed by atoms with Gasteiger partial charge in [-0.3, -0.25) is 0 Å². The standard InChI is InChI=1S/Au.2ClH.Pd/h;2*1H;. The van der Waals surface area contributed by atoms with E-state index in [9.17, 15) is 0 Å². The van der Waals surface area contributed by atoms with Gasteiger partial charge in [0.15, 0.2) is 0 Å². The molecule has 0 N–H and O–H groups in total. The molecule has 0 amide bonds. The van der Waals surface area contributed by atoms with Gasteiger partial charge < -0.3 is 0 Å². The van der Waals surface area contributed by atoms with Gasteiger partial charge in [0.05, 0.1) is 0 Å². The number of hydrogen-bond acceptors (Lipinski definition) is 0. The van der Waals surface area contributed by atoms with E-state index in [0.29, 0.717) is 0 Å². The van der Waals surface area contributed by atoms with Gasteiger partial charge in [0.1, 0.15) is 0 Å². The summed E-state index contributed by atoms with van der Waals surface area (Å²) in [4.78, 5) is 0. The topological polar surface area (TPSA) is 0 Å². The van der Waals surface area contributed by atoms with Crippen LogP contribution < -0.4 is 0 Å². The Morgan fingerprint density at radius 3 is 0.750 bits per heavy atom. The molecular weight excluding hydrogens is 374 g/mol. The summed E-state index contributed by atoms with van der Waals surface area (Å²) in [5.74, 6) is 0. The first-order valence-electron chi connectivity index (χ1n) is 0. The van der Waals surface area contributed by atoms with E-state index in [1.807, 2.05) is 0 Å². The molecule has 0 heterocycles. The molecule has 0 atom stereocenters. The second-order valence-electron chi connectivity index (χ2n) is 0. The summed E-state index contributed by atoms with van der Waals surface area (Å²) in [5.41, 5.74) is 0. The molecule has 1 radical (unpaired) electrons. The fraction of sp³-hybridized carbons (Fsp3) is 0. The first-order valence-corrected chi connectivity index (χ1v) is 0. The minimum atomic E-state index is 0. The molecule has 0 spiro atoms. The fourth-order valence-electron chi connectivity index (χ4n) is 0. The van der Waals surface area contributed by atoms with Gasteiger partial charge in [0, 0.05) is 42.8 Å². The maximum Gasteiger partial charge on any atom is 0 e. The minimum absolute atomic E-state index is 0. The molecule has 4 heavy (non-hydrogen) atoms. The Bertz CT molecular complexity index is 6.00. The average molecular weight is 376 g/mol. The normalized spacial score (nSPS) is 0. The summed E-state index contributed by atoms with van der Waals surface area (Å²) in [5, 5.41) is 0. The SMILES string of the molecule is Cl.Cl.[Au].[Pd]. The van der Waals surface area contributed by atoms with Crippen molar-refractivity contribution in [3.63, 3.8) is 0 Å². The van der Waals surface area contributed by atoms with Gasteiger partial charge in [0.2, 0.25) is 0 Å². The van der Waals surface area contributed by atoms with E-state index in [-0.39, 0.29) is 67.6 Å². The summed E-state index contributed by atoms with van der Waals surface area (Å²) >= 11 is 0. The molecule has 0 aromatic heterocycles. The molecule has 0 aromatic carbocycles. The number of hydrogen-bond donors (Lipinski definition) is 0. The summed E-state index contributed by atoms with van der Waals surface area (Å²) in [6.07, 6.45) is 0. The Morgan fingerprint density at radius 2 is 0.750 bits per heavy atom. The van der Waals surface area contributed by atoms with Gasteiger partial charge in [-0.05, 0) is 0 Å². The summed E-state index contributed by atoms with van der Waals surface area (Å²) in [7, 11) is 0.